The number of hydrogen-bond acceptors (Lipinski definition) is 3. The quantitative estimate of drug-likeness (QED) is 0.655. The normalized spacial score (nSPS) is 18.1. The van der Waals surface area contributed by atoms with Crippen molar-refractivity contribution < 1.29 is 13.2 Å². The summed E-state index contributed by atoms with van der Waals surface area (Å²) in [6.45, 7) is 1.71. The van der Waals surface area contributed by atoms with Gasteiger partial charge in [0.2, 0.25) is 0 Å². The summed E-state index contributed by atoms with van der Waals surface area (Å²) >= 11 is 0. The molecule has 1 N–H and O–H groups in total. The van der Waals surface area contributed by atoms with Crippen molar-refractivity contribution in [1.29, 1.82) is 0 Å². The number of carbonyl (C=O) groups is 1. The van der Waals surface area contributed by atoms with Gasteiger partial charge in [0.25, 0.3) is 15.9 Å². The SMILES string of the molecule is Cc1cccc2c1C(=O)NS2(=O)=O. The third kappa shape index (κ3) is 1.04. The molecule has 0 unspecified atom stereocenters. The second-order valence-corrected chi connectivity index (χ2v) is 4.53. The zero-order chi connectivity index (χ0) is 9.64. The second-order valence-electron chi connectivity index (χ2n) is 2.88. The van der Waals surface area contributed by atoms with E-state index in [2.05, 4.69) is 0 Å². The molecule has 5 heteroatoms. The van der Waals surface area contributed by atoms with E-state index in [0.717, 1.165) is 0 Å². The Kier molecular flexibility index (Phi) is 1.47. The fourth-order valence-electron chi connectivity index (χ4n) is 1.38. The van der Waals surface area contributed by atoms with Gasteiger partial charge in [0.05, 0.1) is 5.56 Å². The average Bonchev–Trinajstić information content (AvgIpc) is 2.24. The number of hydrogen-bond donors (Lipinski definition) is 1. The predicted molar refractivity (Wildman–Crippen MR) is 45.8 cm³/mol. The molecule has 0 spiro atoms. The fraction of sp³-hybridized carbons (Fsp3) is 0.125. The highest BCUT2D eigenvalue weighted by Crippen LogP contribution is 2.24. The van der Waals surface area contributed by atoms with E-state index in [1.54, 1.807) is 19.1 Å². The van der Waals surface area contributed by atoms with Gasteiger partial charge in [-0.3, -0.25) is 4.79 Å². The smallest absolute Gasteiger partial charge is 0.266 e. The lowest BCUT2D eigenvalue weighted by Gasteiger charge is -1.96. The predicted octanol–water partition coefficient (Wildman–Crippen LogP) is 0.427. The minimum absolute atomic E-state index is 0.0810. The Labute approximate surface area is 75.6 Å². The third-order valence-corrected chi connectivity index (χ3v) is 3.35. The zero-order valence-electron chi connectivity index (χ0n) is 6.87. The van der Waals surface area contributed by atoms with Gasteiger partial charge in [-0.15, -0.1) is 0 Å². The van der Waals surface area contributed by atoms with Gasteiger partial charge in [0.15, 0.2) is 0 Å². The molecule has 0 saturated carbocycles. The van der Waals surface area contributed by atoms with Crippen LogP contribution in [0.5, 0.6) is 0 Å². The maximum absolute atomic E-state index is 11.3. The summed E-state index contributed by atoms with van der Waals surface area (Å²) in [4.78, 5) is 11.3. The van der Waals surface area contributed by atoms with Crippen LogP contribution in [0.15, 0.2) is 23.1 Å². The van der Waals surface area contributed by atoms with E-state index in [0.29, 0.717) is 5.56 Å². The third-order valence-electron chi connectivity index (χ3n) is 1.98. The van der Waals surface area contributed by atoms with E-state index >= 15 is 0 Å². The number of carbonyl (C=O) groups excluding carboxylic acids is 1. The number of fused-ring (bicyclic) bond motifs is 1. The van der Waals surface area contributed by atoms with Crippen molar-refractivity contribution in [2.75, 3.05) is 0 Å². The van der Waals surface area contributed by atoms with Crippen LogP contribution in [0.1, 0.15) is 15.9 Å². The summed E-state index contributed by atoms with van der Waals surface area (Å²) in [5, 5.41) is 0. The first-order valence-electron chi connectivity index (χ1n) is 3.69. The van der Waals surface area contributed by atoms with Crippen molar-refractivity contribution in [1.82, 2.24) is 4.72 Å². The van der Waals surface area contributed by atoms with Gasteiger partial charge in [-0.25, -0.2) is 13.1 Å². The van der Waals surface area contributed by atoms with Gasteiger partial charge in [-0.1, -0.05) is 12.1 Å². The van der Waals surface area contributed by atoms with Crippen molar-refractivity contribution in [2.24, 2.45) is 0 Å². The first kappa shape index (κ1) is 8.25. The Hall–Kier alpha value is -1.36. The van der Waals surface area contributed by atoms with Crippen LogP contribution in [0, 0.1) is 6.92 Å². The maximum atomic E-state index is 11.3. The fourth-order valence-corrected chi connectivity index (χ4v) is 2.62. The van der Waals surface area contributed by atoms with E-state index in [4.69, 9.17) is 0 Å². The Morgan fingerprint density at radius 1 is 1.31 bits per heavy atom. The first-order chi connectivity index (χ1) is 6.02. The van der Waals surface area contributed by atoms with E-state index < -0.39 is 15.9 Å². The van der Waals surface area contributed by atoms with E-state index in [1.165, 1.54) is 6.07 Å². The topological polar surface area (TPSA) is 63.2 Å². The van der Waals surface area contributed by atoms with Gasteiger partial charge < -0.3 is 0 Å². The van der Waals surface area contributed by atoms with Crippen LogP contribution >= 0.6 is 0 Å². The first-order valence-corrected chi connectivity index (χ1v) is 5.17. The van der Waals surface area contributed by atoms with Gasteiger partial charge in [-0.05, 0) is 18.6 Å². The number of benzene rings is 1. The second kappa shape index (κ2) is 2.32. The average molecular weight is 197 g/mol. The molecule has 0 fully saturated rings. The summed E-state index contributed by atoms with van der Waals surface area (Å²) in [6, 6.07) is 4.75. The number of amides is 1. The number of aryl methyl sites for hydroxylation is 1. The molecule has 0 aliphatic carbocycles. The standard InChI is InChI=1S/C8H7NO3S/c1-5-3-2-4-6-7(5)8(10)9-13(6,11)12/h2-4H,1H3,(H,9,10). The molecule has 0 aromatic heterocycles. The van der Waals surface area contributed by atoms with Gasteiger partial charge >= 0.3 is 0 Å². The summed E-state index contributed by atoms with van der Waals surface area (Å²) in [5.74, 6) is -0.534. The van der Waals surface area contributed by atoms with Crippen LogP contribution in [0.4, 0.5) is 0 Å². The summed E-state index contributed by atoms with van der Waals surface area (Å²) in [5.41, 5.74) is 0.943. The van der Waals surface area contributed by atoms with Gasteiger partial charge in [-0.2, -0.15) is 0 Å². The zero-order valence-corrected chi connectivity index (χ0v) is 7.68. The summed E-state index contributed by atoms with van der Waals surface area (Å²) in [7, 11) is -3.58. The highest BCUT2D eigenvalue weighted by atomic mass is 32.2. The highest BCUT2D eigenvalue weighted by Gasteiger charge is 2.33. The molecular weight excluding hydrogens is 190 g/mol. The molecule has 68 valence electrons. The lowest BCUT2D eigenvalue weighted by Crippen LogP contribution is -2.20. The van der Waals surface area contributed by atoms with Crippen molar-refractivity contribution >= 4 is 15.9 Å². The number of nitrogens with one attached hydrogen (secondary N) is 1. The Morgan fingerprint density at radius 3 is 2.62 bits per heavy atom. The van der Waals surface area contributed by atoms with Crippen molar-refractivity contribution in [3.8, 4) is 0 Å². The van der Waals surface area contributed by atoms with Crippen LogP contribution < -0.4 is 4.72 Å². The minimum Gasteiger partial charge on any atom is -0.268 e. The molecule has 1 aliphatic rings. The lowest BCUT2D eigenvalue weighted by molar-refractivity contribution is 0.0984. The van der Waals surface area contributed by atoms with E-state index in [9.17, 15) is 13.2 Å². The molecule has 1 amide bonds. The van der Waals surface area contributed by atoms with E-state index in [-0.39, 0.29) is 10.5 Å². The molecule has 0 saturated heterocycles. The van der Waals surface area contributed by atoms with Crippen LogP contribution in [-0.4, -0.2) is 14.3 Å². The van der Waals surface area contributed by atoms with Crippen molar-refractivity contribution in [3.63, 3.8) is 0 Å². The number of sulfonamides is 1. The monoisotopic (exact) mass is 197 g/mol. The highest BCUT2D eigenvalue weighted by molar-refractivity contribution is 7.90. The molecule has 2 rings (SSSR count). The molecule has 4 nitrogen and oxygen atoms in total. The van der Waals surface area contributed by atoms with Crippen LogP contribution in [0.3, 0.4) is 0 Å². The van der Waals surface area contributed by atoms with Gasteiger partial charge in [0.1, 0.15) is 4.90 Å². The summed E-state index contributed by atoms with van der Waals surface area (Å²) in [6.07, 6.45) is 0. The minimum atomic E-state index is -3.58. The van der Waals surface area contributed by atoms with Gasteiger partial charge in [0, 0.05) is 0 Å². The van der Waals surface area contributed by atoms with Crippen molar-refractivity contribution in [2.45, 2.75) is 11.8 Å². The Morgan fingerprint density at radius 2 is 2.00 bits per heavy atom. The molecule has 0 radical (unpaired) electrons. The van der Waals surface area contributed by atoms with E-state index in [1.807, 2.05) is 4.72 Å². The maximum Gasteiger partial charge on any atom is 0.266 e. The molecule has 0 atom stereocenters. The molecule has 1 aliphatic heterocycles. The van der Waals surface area contributed by atoms with Crippen LogP contribution in [0.2, 0.25) is 0 Å². The van der Waals surface area contributed by atoms with Crippen LogP contribution in [-0.2, 0) is 10.0 Å². The largest absolute Gasteiger partial charge is 0.268 e. The Balaban J connectivity index is 2.87. The van der Waals surface area contributed by atoms with Crippen LogP contribution in [0.25, 0.3) is 0 Å². The molecule has 1 aromatic rings. The lowest BCUT2D eigenvalue weighted by atomic mass is 10.1. The number of rotatable bonds is 0. The molecule has 13 heavy (non-hydrogen) atoms. The molecule has 1 aromatic carbocycles. The molecule has 1 heterocycles. The molecule has 0 bridgehead atoms. The molecular formula is C8H7NO3S. The summed E-state index contributed by atoms with van der Waals surface area (Å²) < 4.78 is 24.5. The van der Waals surface area contributed by atoms with Crippen molar-refractivity contribution in [3.05, 3.63) is 29.3 Å². The Bertz CT molecular complexity index is 490.